The highest BCUT2D eigenvalue weighted by Crippen LogP contribution is 2.42. The lowest BCUT2D eigenvalue weighted by Crippen LogP contribution is -2.47. The van der Waals surface area contributed by atoms with Gasteiger partial charge in [-0.25, -0.2) is 0 Å². The summed E-state index contributed by atoms with van der Waals surface area (Å²) in [4.78, 5) is 18.8. The normalized spacial score (nSPS) is 18.5. The highest BCUT2D eigenvalue weighted by molar-refractivity contribution is 5.86. The van der Waals surface area contributed by atoms with Gasteiger partial charge in [-0.15, -0.1) is 0 Å². The SMILES string of the molecule is COc1cccc(C(CC(=O)N2CCC3(CC2)OCCO3)c2c[nH]c3ccccc23)c1OC. The number of carbonyl (C=O) groups is 1. The predicted molar refractivity (Wildman–Crippen MR) is 125 cm³/mol. The Morgan fingerprint density at radius 1 is 1.03 bits per heavy atom. The number of hydrogen-bond donors (Lipinski definition) is 1. The summed E-state index contributed by atoms with van der Waals surface area (Å²) >= 11 is 0. The highest BCUT2D eigenvalue weighted by Gasteiger charge is 2.41. The Bertz CT molecular complexity index is 1120. The Kier molecular flexibility index (Phi) is 6.00. The van der Waals surface area contributed by atoms with E-state index in [0.29, 0.717) is 57.1 Å². The van der Waals surface area contributed by atoms with E-state index in [9.17, 15) is 4.79 Å². The molecular weight excluding hydrogens is 420 g/mol. The zero-order valence-electron chi connectivity index (χ0n) is 19.1. The highest BCUT2D eigenvalue weighted by atomic mass is 16.7. The maximum Gasteiger partial charge on any atom is 0.223 e. The monoisotopic (exact) mass is 450 g/mol. The van der Waals surface area contributed by atoms with Gasteiger partial charge in [0.1, 0.15) is 0 Å². The topological polar surface area (TPSA) is 73.0 Å². The summed E-state index contributed by atoms with van der Waals surface area (Å²) in [6, 6.07) is 14.0. The van der Waals surface area contributed by atoms with E-state index in [1.54, 1.807) is 14.2 Å². The van der Waals surface area contributed by atoms with Crippen molar-refractivity contribution in [3.8, 4) is 11.5 Å². The van der Waals surface area contributed by atoms with E-state index in [0.717, 1.165) is 22.0 Å². The Hall–Kier alpha value is -3.03. The number of methoxy groups -OCH3 is 2. The molecule has 7 nitrogen and oxygen atoms in total. The average molecular weight is 451 g/mol. The third-order valence-corrected chi connectivity index (χ3v) is 6.88. The largest absolute Gasteiger partial charge is 0.493 e. The lowest BCUT2D eigenvalue weighted by atomic mass is 9.86. The summed E-state index contributed by atoms with van der Waals surface area (Å²) in [5.74, 6) is 0.746. The van der Waals surface area contributed by atoms with Crippen molar-refractivity contribution in [2.45, 2.75) is 31.0 Å². The van der Waals surface area contributed by atoms with Gasteiger partial charge in [0.05, 0.1) is 27.4 Å². The molecule has 0 saturated carbocycles. The van der Waals surface area contributed by atoms with Crippen LogP contribution in [0, 0.1) is 0 Å². The molecule has 2 fully saturated rings. The van der Waals surface area contributed by atoms with Gasteiger partial charge in [-0.05, 0) is 17.7 Å². The number of fused-ring (bicyclic) bond motifs is 1. The number of ether oxygens (including phenoxy) is 4. The first-order valence-corrected chi connectivity index (χ1v) is 11.5. The summed E-state index contributed by atoms with van der Waals surface area (Å²) in [5, 5.41) is 1.10. The number of piperidine rings is 1. The molecule has 1 aromatic heterocycles. The van der Waals surface area contributed by atoms with Crippen LogP contribution in [0.15, 0.2) is 48.7 Å². The second-order valence-electron chi connectivity index (χ2n) is 8.62. The van der Waals surface area contributed by atoms with Crippen LogP contribution in [-0.4, -0.2) is 62.1 Å². The smallest absolute Gasteiger partial charge is 0.223 e. The second-order valence-corrected chi connectivity index (χ2v) is 8.62. The van der Waals surface area contributed by atoms with E-state index < -0.39 is 5.79 Å². The second kappa shape index (κ2) is 9.08. The Morgan fingerprint density at radius 2 is 1.79 bits per heavy atom. The van der Waals surface area contributed by atoms with Gasteiger partial charge in [-0.1, -0.05) is 30.3 Å². The molecule has 0 bridgehead atoms. The lowest BCUT2D eigenvalue weighted by Gasteiger charge is -2.38. The number of carbonyl (C=O) groups excluding carboxylic acids is 1. The number of rotatable bonds is 6. The summed E-state index contributed by atoms with van der Waals surface area (Å²) in [7, 11) is 3.27. The fraction of sp³-hybridized carbons (Fsp3) is 0.423. The maximum atomic E-state index is 13.5. The molecule has 1 amide bonds. The van der Waals surface area contributed by atoms with Crippen molar-refractivity contribution in [1.82, 2.24) is 9.88 Å². The van der Waals surface area contributed by atoms with Crippen molar-refractivity contribution in [3.63, 3.8) is 0 Å². The van der Waals surface area contributed by atoms with Crippen molar-refractivity contribution in [2.75, 3.05) is 40.5 Å². The number of H-pyrrole nitrogens is 1. The van der Waals surface area contributed by atoms with Gasteiger partial charge in [-0.3, -0.25) is 4.79 Å². The number of aromatic nitrogens is 1. The molecule has 1 spiro atoms. The van der Waals surface area contributed by atoms with Gasteiger partial charge in [-0.2, -0.15) is 0 Å². The first-order valence-electron chi connectivity index (χ1n) is 11.5. The summed E-state index contributed by atoms with van der Waals surface area (Å²) in [6.07, 6.45) is 3.75. The van der Waals surface area contributed by atoms with Crippen LogP contribution in [0.5, 0.6) is 11.5 Å². The number of benzene rings is 2. The lowest BCUT2D eigenvalue weighted by molar-refractivity contribution is -0.187. The maximum absolute atomic E-state index is 13.5. The summed E-state index contributed by atoms with van der Waals surface area (Å²) in [5.41, 5.74) is 3.05. The molecule has 0 radical (unpaired) electrons. The molecular formula is C26H30N2O5. The van der Waals surface area contributed by atoms with Gasteiger partial charge in [0.15, 0.2) is 17.3 Å². The summed E-state index contributed by atoms with van der Waals surface area (Å²) in [6.45, 7) is 2.53. The minimum Gasteiger partial charge on any atom is -0.493 e. The van der Waals surface area contributed by atoms with Gasteiger partial charge >= 0.3 is 0 Å². The van der Waals surface area contributed by atoms with E-state index >= 15 is 0 Å². The average Bonchev–Trinajstić information content (AvgIpc) is 3.49. The molecule has 2 aliphatic rings. The minimum absolute atomic E-state index is 0.114. The van der Waals surface area contributed by atoms with Crippen LogP contribution in [-0.2, 0) is 14.3 Å². The van der Waals surface area contributed by atoms with Crippen LogP contribution in [0.1, 0.15) is 36.3 Å². The molecule has 2 aliphatic heterocycles. The Morgan fingerprint density at radius 3 is 2.52 bits per heavy atom. The number of hydrogen-bond acceptors (Lipinski definition) is 5. The number of amides is 1. The minimum atomic E-state index is -0.497. The van der Waals surface area contributed by atoms with E-state index in [2.05, 4.69) is 11.1 Å². The van der Waals surface area contributed by atoms with Crippen molar-refractivity contribution in [1.29, 1.82) is 0 Å². The molecule has 5 rings (SSSR count). The van der Waals surface area contributed by atoms with Gasteiger partial charge in [0.2, 0.25) is 5.91 Å². The third-order valence-electron chi connectivity index (χ3n) is 6.88. The van der Waals surface area contributed by atoms with Crippen LogP contribution >= 0.6 is 0 Å². The van der Waals surface area contributed by atoms with Crippen molar-refractivity contribution < 1.29 is 23.7 Å². The molecule has 1 N–H and O–H groups in total. The van der Waals surface area contributed by atoms with Gasteiger partial charge < -0.3 is 28.8 Å². The Labute approximate surface area is 193 Å². The van der Waals surface area contributed by atoms with E-state index in [1.807, 2.05) is 47.5 Å². The van der Waals surface area contributed by atoms with Crippen molar-refractivity contribution >= 4 is 16.8 Å². The molecule has 174 valence electrons. The first kappa shape index (κ1) is 21.8. The zero-order valence-corrected chi connectivity index (χ0v) is 19.1. The number of likely N-dealkylation sites (tertiary alicyclic amines) is 1. The summed E-state index contributed by atoms with van der Waals surface area (Å²) < 4.78 is 23.0. The molecule has 1 atom stereocenters. The number of nitrogens with zero attached hydrogens (tertiary/aromatic N) is 1. The zero-order chi connectivity index (χ0) is 22.8. The molecule has 0 aliphatic carbocycles. The van der Waals surface area contributed by atoms with E-state index in [4.69, 9.17) is 18.9 Å². The van der Waals surface area contributed by atoms with Crippen molar-refractivity contribution in [2.24, 2.45) is 0 Å². The van der Waals surface area contributed by atoms with E-state index in [-0.39, 0.29) is 11.8 Å². The predicted octanol–water partition coefficient (Wildman–Crippen LogP) is 4.07. The van der Waals surface area contributed by atoms with Crippen LogP contribution in [0.2, 0.25) is 0 Å². The molecule has 2 aromatic carbocycles. The number of nitrogens with one attached hydrogen (secondary N) is 1. The van der Waals surface area contributed by atoms with Crippen LogP contribution in [0.3, 0.4) is 0 Å². The molecule has 7 heteroatoms. The fourth-order valence-electron chi connectivity index (χ4n) is 5.14. The molecule has 3 aromatic rings. The van der Waals surface area contributed by atoms with Crippen LogP contribution in [0.25, 0.3) is 10.9 Å². The molecule has 33 heavy (non-hydrogen) atoms. The molecule has 2 saturated heterocycles. The van der Waals surface area contributed by atoms with Crippen LogP contribution in [0.4, 0.5) is 0 Å². The number of para-hydroxylation sites is 2. The quantitative estimate of drug-likeness (QED) is 0.613. The third kappa shape index (κ3) is 4.07. The van der Waals surface area contributed by atoms with Crippen molar-refractivity contribution in [3.05, 3.63) is 59.8 Å². The fourth-order valence-corrected chi connectivity index (χ4v) is 5.14. The van der Waals surface area contributed by atoms with Gasteiger partial charge in [0, 0.05) is 60.9 Å². The molecule has 3 heterocycles. The van der Waals surface area contributed by atoms with Gasteiger partial charge in [0.25, 0.3) is 0 Å². The first-order chi connectivity index (χ1) is 16.1. The number of aromatic amines is 1. The van der Waals surface area contributed by atoms with E-state index in [1.165, 1.54) is 0 Å². The van der Waals surface area contributed by atoms with Crippen LogP contribution < -0.4 is 9.47 Å². The molecule has 1 unspecified atom stereocenters. The standard InChI is InChI=1S/C26H30N2O5/c1-30-23-9-5-7-19(25(23)31-2)20(21-17-27-22-8-4-3-6-18(21)22)16-24(29)28-12-10-26(11-13-28)32-14-15-33-26/h3-9,17,20,27H,10-16H2,1-2H3. The Balaban J connectivity index is 1.47.